The van der Waals surface area contributed by atoms with Gasteiger partial charge in [0.1, 0.15) is 11.5 Å². The molecule has 0 aliphatic carbocycles. The first-order valence-electron chi connectivity index (χ1n) is 10.4. The topological polar surface area (TPSA) is 67.3 Å². The summed E-state index contributed by atoms with van der Waals surface area (Å²) in [4.78, 5) is 17.5. The molecule has 10 heteroatoms. The Morgan fingerprint density at radius 3 is 2.03 bits per heavy atom. The van der Waals surface area contributed by atoms with Crippen LogP contribution in [0.3, 0.4) is 0 Å². The standard InChI is InChI=1S/C24H20F5N3O2/c1-10-12(23(33)34-24(2,3)4)13(14-16(25)18(27)20(29)19(28)17(14)26)15-21(31-32-22(15)30-10)11-8-6-5-7-9-11/h5-9,12-13H,1-4H3,(H,31,32). The Kier molecular flexibility index (Phi) is 5.79. The lowest BCUT2D eigenvalue weighted by atomic mass is 9.75. The van der Waals surface area contributed by atoms with Crippen LogP contribution in [0.1, 0.15) is 44.7 Å². The van der Waals surface area contributed by atoms with Crippen molar-refractivity contribution in [3.8, 4) is 11.3 Å². The van der Waals surface area contributed by atoms with E-state index in [1.807, 2.05) is 0 Å². The summed E-state index contributed by atoms with van der Waals surface area (Å²) < 4.78 is 77.9. The molecule has 0 bridgehead atoms. The van der Waals surface area contributed by atoms with E-state index in [1.165, 1.54) is 6.92 Å². The van der Waals surface area contributed by atoms with Crippen LogP contribution in [-0.2, 0) is 9.53 Å². The second-order valence-electron chi connectivity index (χ2n) is 8.93. The van der Waals surface area contributed by atoms with E-state index in [9.17, 15) is 18.0 Å². The minimum Gasteiger partial charge on any atom is -0.459 e. The molecule has 0 saturated heterocycles. The molecule has 1 N–H and O–H groups in total. The van der Waals surface area contributed by atoms with Gasteiger partial charge in [0.25, 0.3) is 0 Å². The normalized spacial score (nSPS) is 17.9. The van der Waals surface area contributed by atoms with E-state index in [-0.39, 0.29) is 22.8 Å². The number of fused-ring (bicyclic) bond motifs is 1. The Morgan fingerprint density at radius 2 is 1.47 bits per heavy atom. The number of carbonyl (C=O) groups is 1. The van der Waals surface area contributed by atoms with Crippen molar-refractivity contribution in [2.24, 2.45) is 10.9 Å². The maximum atomic E-state index is 15.1. The van der Waals surface area contributed by atoms with Crippen LogP contribution in [0, 0.1) is 35.0 Å². The van der Waals surface area contributed by atoms with Gasteiger partial charge in [-0.2, -0.15) is 5.10 Å². The summed E-state index contributed by atoms with van der Waals surface area (Å²) in [6.07, 6.45) is 0. The molecule has 2 unspecified atom stereocenters. The minimum atomic E-state index is -2.29. The van der Waals surface area contributed by atoms with E-state index in [0.29, 0.717) is 5.56 Å². The maximum absolute atomic E-state index is 15.1. The molecule has 2 aromatic carbocycles. The summed E-state index contributed by atoms with van der Waals surface area (Å²) >= 11 is 0. The SMILES string of the molecule is CC1=Nc2n[nH]c(-c3ccccc3)c2C(c2c(F)c(F)c(F)c(F)c2F)C1C(=O)OC(C)(C)C. The van der Waals surface area contributed by atoms with E-state index in [1.54, 1.807) is 51.1 Å². The lowest BCUT2D eigenvalue weighted by molar-refractivity contribution is -0.157. The highest BCUT2D eigenvalue weighted by atomic mass is 19.2. The van der Waals surface area contributed by atoms with Gasteiger partial charge in [-0.3, -0.25) is 9.89 Å². The number of aromatic nitrogens is 2. The Bertz CT molecular complexity index is 1280. The average Bonchev–Trinajstić information content (AvgIpc) is 3.19. The zero-order chi connectivity index (χ0) is 24.9. The van der Waals surface area contributed by atoms with Gasteiger partial charge in [-0.15, -0.1) is 0 Å². The molecule has 0 spiro atoms. The molecular weight excluding hydrogens is 457 g/mol. The number of carbonyl (C=O) groups excluding carboxylic acids is 1. The second kappa shape index (κ2) is 8.34. The van der Waals surface area contributed by atoms with Crippen molar-refractivity contribution < 1.29 is 31.5 Å². The van der Waals surface area contributed by atoms with Gasteiger partial charge in [0, 0.05) is 22.8 Å². The monoisotopic (exact) mass is 477 g/mol. The number of nitrogens with one attached hydrogen (secondary N) is 1. The number of benzene rings is 2. The third kappa shape index (κ3) is 3.86. The molecule has 0 amide bonds. The molecule has 1 aromatic heterocycles. The fourth-order valence-electron chi connectivity index (χ4n) is 4.07. The number of aromatic amines is 1. The minimum absolute atomic E-state index is 0.0231. The Morgan fingerprint density at radius 1 is 0.912 bits per heavy atom. The lowest BCUT2D eigenvalue weighted by Crippen LogP contribution is -2.38. The van der Waals surface area contributed by atoms with E-state index < -0.39 is 58.1 Å². The predicted molar refractivity (Wildman–Crippen MR) is 114 cm³/mol. The van der Waals surface area contributed by atoms with Crippen molar-refractivity contribution in [1.29, 1.82) is 0 Å². The van der Waals surface area contributed by atoms with Gasteiger partial charge in [-0.25, -0.2) is 26.9 Å². The van der Waals surface area contributed by atoms with Gasteiger partial charge in [-0.1, -0.05) is 30.3 Å². The maximum Gasteiger partial charge on any atom is 0.316 e. The number of hydrogen-bond acceptors (Lipinski definition) is 4. The van der Waals surface area contributed by atoms with Crippen LogP contribution >= 0.6 is 0 Å². The highest BCUT2D eigenvalue weighted by Crippen LogP contribution is 2.48. The number of rotatable bonds is 3. The molecule has 0 saturated carbocycles. The lowest BCUT2D eigenvalue weighted by Gasteiger charge is -2.32. The quantitative estimate of drug-likeness (QED) is 0.219. The van der Waals surface area contributed by atoms with Crippen LogP contribution in [0.5, 0.6) is 0 Å². The van der Waals surface area contributed by atoms with Gasteiger partial charge in [0.2, 0.25) is 5.82 Å². The zero-order valence-corrected chi connectivity index (χ0v) is 18.6. The molecular formula is C24H20F5N3O2. The van der Waals surface area contributed by atoms with Gasteiger partial charge >= 0.3 is 5.97 Å². The number of esters is 1. The summed E-state index contributed by atoms with van der Waals surface area (Å²) in [6, 6.07) is 8.45. The first kappa shape index (κ1) is 23.6. The van der Waals surface area contributed by atoms with Crippen LogP contribution < -0.4 is 0 Å². The van der Waals surface area contributed by atoms with E-state index >= 15 is 8.78 Å². The molecule has 34 heavy (non-hydrogen) atoms. The molecule has 1 aliphatic heterocycles. The van der Waals surface area contributed by atoms with Crippen molar-refractivity contribution in [3.63, 3.8) is 0 Å². The molecule has 1 aliphatic rings. The van der Waals surface area contributed by atoms with Crippen molar-refractivity contribution in [3.05, 3.63) is 70.5 Å². The molecule has 0 fully saturated rings. The van der Waals surface area contributed by atoms with Gasteiger partial charge < -0.3 is 4.74 Å². The number of nitrogens with zero attached hydrogens (tertiary/aromatic N) is 2. The fourth-order valence-corrected chi connectivity index (χ4v) is 4.07. The average molecular weight is 477 g/mol. The van der Waals surface area contributed by atoms with E-state index in [0.717, 1.165) is 0 Å². The molecule has 178 valence electrons. The summed E-state index contributed by atoms with van der Waals surface area (Å²) in [5.74, 6) is -14.6. The third-order valence-electron chi connectivity index (χ3n) is 5.44. The van der Waals surface area contributed by atoms with Crippen LogP contribution in [0.4, 0.5) is 27.8 Å². The van der Waals surface area contributed by atoms with Gasteiger partial charge in [0.15, 0.2) is 29.1 Å². The second-order valence-corrected chi connectivity index (χ2v) is 8.93. The summed E-state index contributed by atoms with van der Waals surface area (Å²) in [5, 5.41) is 6.80. The van der Waals surface area contributed by atoms with Crippen molar-refractivity contribution in [2.75, 3.05) is 0 Å². The van der Waals surface area contributed by atoms with Crippen LogP contribution in [0.25, 0.3) is 11.3 Å². The van der Waals surface area contributed by atoms with Gasteiger partial charge in [0.05, 0.1) is 5.69 Å². The van der Waals surface area contributed by atoms with E-state index in [2.05, 4.69) is 15.2 Å². The van der Waals surface area contributed by atoms with Crippen LogP contribution in [0.2, 0.25) is 0 Å². The molecule has 4 rings (SSSR count). The summed E-state index contributed by atoms with van der Waals surface area (Å²) in [7, 11) is 0. The first-order valence-corrected chi connectivity index (χ1v) is 10.4. The third-order valence-corrected chi connectivity index (χ3v) is 5.44. The molecule has 2 atom stereocenters. The van der Waals surface area contributed by atoms with Crippen LogP contribution in [0.15, 0.2) is 35.3 Å². The number of H-pyrrole nitrogens is 1. The number of halogens is 5. The fraction of sp³-hybridized carbons (Fsp3) is 0.292. The summed E-state index contributed by atoms with van der Waals surface area (Å²) in [6.45, 7) is 6.18. The number of aliphatic imine (C=N–C) groups is 1. The Labute approximate surface area is 191 Å². The first-order chi connectivity index (χ1) is 15.9. The highest BCUT2D eigenvalue weighted by Gasteiger charge is 2.46. The zero-order valence-electron chi connectivity index (χ0n) is 18.6. The van der Waals surface area contributed by atoms with Crippen molar-refractivity contribution >= 4 is 17.5 Å². The number of hydrogen-bond donors (Lipinski definition) is 1. The van der Waals surface area contributed by atoms with Crippen LogP contribution in [-0.4, -0.2) is 27.5 Å². The predicted octanol–water partition coefficient (Wildman–Crippen LogP) is 5.97. The van der Waals surface area contributed by atoms with Crippen molar-refractivity contribution in [1.82, 2.24) is 10.2 Å². The Hall–Kier alpha value is -3.56. The summed E-state index contributed by atoms with van der Waals surface area (Å²) in [5.41, 5.74) is -1.31. The molecule has 5 nitrogen and oxygen atoms in total. The van der Waals surface area contributed by atoms with Gasteiger partial charge in [-0.05, 0) is 33.3 Å². The van der Waals surface area contributed by atoms with Crippen molar-refractivity contribution in [2.45, 2.75) is 39.2 Å². The Balaban J connectivity index is 2.05. The highest BCUT2D eigenvalue weighted by molar-refractivity contribution is 6.05. The smallest absolute Gasteiger partial charge is 0.316 e. The molecule has 3 aromatic rings. The van der Waals surface area contributed by atoms with E-state index in [4.69, 9.17) is 4.74 Å². The largest absolute Gasteiger partial charge is 0.459 e. The number of ether oxygens (including phenoxy) is 1. The molecule has 2 heterocycles. The molecule has 0 radical (unpaired) electrons.